The van der Waals surface area contributed by atoms with Gasteiger partial charge in [-0.25, -0.2) is 4.79 Å². The van der Waals surface area contributed by atoms with Crippen LogP contribution in [0.25, 0.3) is 0 Å². The van der Waals surface area contributed by atoms with Gasteiger partial charge in [0.25, 0.3) is 0 Å². The Morgan fingerprint density at radius 1 is 1.39 bits per heavy atom. The van der Waals surface area contributed by atoms with E-state index in [0.717, 1.165) is 12.8 Å². The number of amides is 2. The first kappa shape index (κ1) is 17.1. The third-order valence-electron chi connectivity index (χ3n) is 3.98. The van der Waals surface area contributed by atoms with Crippen molar-refractivity contribution < 1.29 is 14.6 Å². The van der Waals surface area contributed by atoms with E-state index in [2.05, 4.69) is 5.32 Å². The fourth-order valence-electron chi connectivity index (χ4n) is 2.53. The molecule has 2 N–H and O–H groups in total. The van der Waals surface area contributed by atoms with E-state index in [0.29, 0.717) is 44.0 Å². The number of hydrogen-bond acceptors (Lipinski definition) is 4. The number of ether oxygens (including phenoxy) is 1. The van der Waals surface area contributed by atoms with Crippen molar-refractivity contribution in [1.29, 1.82) is 5.26 Å². The van der Waals surface area contributed by atoms with Crippen LogP contribution in [0.1, 0.15) is 31.7 Å². The molecule has 0 bridgehead atoms. The van der Waals surface area contributed by atoms with Gasteiger partial charge in [-0.1, -0.05) is 0 Å². The fraction of sp³-hybridized carbons (Fsp3) is 0.529. The molecule has 6 heteroatoms. The van der Waals surface area contributed by atoms with E-state index >= 15 is 0 Å². The van der Waals surface area contributed by atoms with Crippen molar-refractivity contribution in [2.75, 3.05) is 26.2 Å². The third-order valence-corrected chi connectivity index (χ3v) is 3.98. The maximum absolute atomic E-state index is 12.1. The number of likely N-dealkylation sites (tertiary alicyclic amines) is 1. The molecule has 1 saturated heterocycles. The van der Waals surface area contributed by atoms with Crippen molar-refractivity contribution in [3.63, 3.8) is 0 Å². The Balaban J connectivity index is 1.69. The van der Waals surface area contributed by atoms with E-state index in [9.17, 15) is 9.90 Å². The number of urea groups is 1. The number of rotatable bonds is 4. The standard InChI is InChI=1S/C17H23N3O3/c1-17(22)7-2-10-20(11-8-17)16(21)19-9-12-23-15-5-3-14(13-18)4-6-15/h3-6,22H,2,7-12H2,1H3,(H,19,21). The second-order valence-electron chi connectivity index (χ2n) is 6.05. The molecule has 0 aromatic heterocycles. The molecule has 0 saturated carbocycles. The van der Waals surface area contributed by atoms with Crippen molar-refractivity contribution in [1.82, 2.24) is 10.2 Å². The smallest absolute Gasteiger partial charge is 0.317 e. The zero-order valence-electron chi connectivity index (χ0n) is 13.4. The van der Waals surface area contributed by atoms with Crippen LogP contribution >= 0.6 is 0 Å². The van der Waals surface area contributed by atoms with Crippen molar-refractivity contribution in [3.05, 3.63) is 29.8 Å². The summed E-state index contributed by atoms with van der Waals surface area (Å²) in [4.78, 5) is 13.8. The lowest BCUT2D eigenvalue weighted by Crippen LogP contribution is -2.42. The quantitative estimate of drug-likeness (QED) is 0.830. The highest BCUT2D eigenvalue weighted by Gasteiger charge is 2.26. The first-order valence-corrected chi connectivity index (χ1v) is 7.88. The number of hydrogen-bond donors (Lipinski definition) is 2. The lowest BCUT2D eigenvalue weighted by Gasteiger charge is -2.22. The molecule has 1 atom stereocenters. The van der Waals surface area contributed by atoms with Gasteiger partial charge in [-0.3, -0.25) is 0 Å². The Morgan fingerprint density at radius 2 is 2.13 bits per heavy atom. The summed E-state index contributed by atoms with van der Waals surface area (Å²) in [5, 5.41) is 21.6. The molecule has 0 spiro atoms. The summed E-state index contributed by atoms with van der Waals surface area (Å²) >= 11 is 0. The molecule has 23 heavy (non-hydrogen) atoms. The molecule has 2 amide bonds. The summed E-state index contributed by atoms with van der Waals surface area (Å²) < 4.78 is 5.52. The number of benzene rings is 1. The second kappa shape index (κ2) is 7.84. The lowest BCUT2D eigenvalue weighted by molar-refractivity contribution is 0.0456. The van der Waals surface area contributed by atoms with Crippen molar-refractivity contribution in [3.8, 4) is 11.8 Å². The normalized spacial score (nSPS) is 21.2. The van der Waals surface area contributed by atoms with Crippen LogP contribution in [0.5, 0.6) is 5.75 Å². The minimum absolute atomic E-state index is 0.119. The molecule has 1 heterocycles. The van der Waals surface area contributed by atoms with E-state index in [1.165, 1.54) is 0 Å². The van der Waals surface area contributed by atoms with Crippen molar-refractivity contribution in [2.45, 2.75) is 31.8 Å². The predicted molar refractivity (Wildman–Crippen MR) is 86.1 cm³/mol. The van der Waals surface area contributed by atoms with Gasteiger partial charge in [-0.05, 0) is 50.5 Å². The largest absolute Gasteiger partial charge is 0.492 e. The van der Waals surface area contributed by atoms with Gasteiger partial charge in [0.2, 0.25) is 0 Å². The molecule has 1 fully saturated rings. The Labute approximate surface area is 136 Å². The molecule has 0 radical (unpaired) electrons. The fourth-order valence-corrected chi connectivity index (χ4v) is 2.53. The summed E-state index contributed by atoms with van der Waals surface area (Å²) in [6, 6.07) is 8.78. The van der Waals surface area contributed by atoms with Crippen LogP contribution in [0.3, 0.4) is 0 Å². The molecule has 2 rings (SSSR count). The van der Waals surface area contributed by atoms with Gasteiger partial charge >= 0.3 is 6.03 Å². The first-order chi connectivity index (χ1) is 11.0. The van der Waals surface area contributed by atoms with Crippen LogP contribution in [-0.4, -0.2) is 47.9 Å². The number of carbonyl (C=O) groups is 1. The summed E-state index contributed by atoms with van der Waals surface area (Å²) in [6.07, 6.45) is 2.13. The van der Waals surface area contributed by atoms with E-state index in [4.69, 9.17) is 10.00 Å². The molecule has 1 aliphatic heterocycles. The minimum Gasteiger partial charge on any atom is -0.492 e. The third kappa shape index (κ3) is 5.46. The Bertz CT molecular complexity index is 563. The number of nitriles is 1. The molecule has 1 aromatic rings. The molecule has 1 aromatic carbocycles. The van der Waals surface area contributed by atoms with Crippen LogP contribution < -0.4 is 10.1 Å². The van der Waals surface area contributed by atoms with E-state index in [1.807, 2.05) is 13.0 Å². The van der Waals surface area contributed by atoms with Gasteiger partial charge in [-0.2, -0.15) is 5.26 Å². The number of nitrogens with one attached hydrogen (secondary N) is 1. The highest BCUT2D eigenvalue weighted by molar-refractivity contribution is 5.74. The minimum atomic E-state index is -0.673. The molecule has 1 unspecified atom stereocenters. The highest BCUT2D eigenvalue weighted by Crippen LogP contribution is 2.21. The molecular weight excluding hydrogens is 294 g/mol. The summed E-state index contributed by atoms with van der Waals surface area (Å²) in [6.45, 7) is 3.82. The van der Waals surface area contributed by atoms with E-state index in [1.54, 1.807) is 29.2 Å². The lowest BCUT2D eigenvalue weighted by atomic mass is 9.98. The molecular formula is C17H23N3O3. The molecule has 0 aliphatic carbocycles. The first-order valence-electron chi connectivity index (χ1n) is 7.88. The highest BCUT2D eigenvalue weighted by atomic mass is 16.5. The maximum atomic E-state index is 12.1. The van der Waals surface area contributed by atoms with Gasteiger partial charge in [0.05, 0.1) is 23.8 Å². The van der Waals surface area contributed by atoms with E-state index < -0.39 is 5.60 Å². The average Bonchev–Trinajstić information content (AvgIpc) is 2.72. The van der Waals surface area contributed by atoms with Crippen LogP contribution in [0, 0.1) is 11.3 Å². The Morgan fingerprint density at radius 3 is 2.83 bits per heavy atom. The van der Waals surface area contributed by atoms with Gasteiger partial charge in [0.1, 0.15) is 12.4 Å². The summed E-state index contributed by atoms with van der Waals surface area (Å²) in [7, 11) is 0. The SMILES string of the molecule is CC1(O)CCCN(C(=O)NCCOc2ccc(C#N)cc2)CC1. The molecule has 1 aliphatic rings. The zero-order chi connectivity index (χ0) is 16.7. The van der Waals surface area contributed by atoms with Crippen LogP contribution in [0.15, 0.2) is 24.3 Å². The van der Waals surface area contributed by atoms with E-state index in [-0.39, 0.29) is 6.03 Å². The topological polar surface area (TPSA) is 85.6 Å². The summed E-state index contributed by atoms with van der Waals surface area (Å²) in [5.74, 6) is 0.670. The predicted octanol–water partition coefficient (Wildman–Crippen LogP) is 1.88. The maximum Gasteiger partial charge on any atom is 0.317 e. The van der Waals surface area contributed by atoms with Gasteiger partial charge in [-0.15, -0.1) is 0 Å². The number of aliphatic hydroxyl groups is 1. The zero-order valence-corrected chi connectivity index (χ0v) is 13.4. The average molecular weight is 317 g/mol. The van der Waals surface area contributed by atoms with Crippen molar-refractivity contribution in [2.24, 2.45) is 0 Å². The van der Waals surface area contributed by atoms with Crippen LogP contribution in [-0.2, 0) is 0 Å². The van der Waals surface area contributed by atoms with Gasteiger partial charge in [0, 0.05) is 13.1 Å². The molecule has 124 valence electrons. The number of nitrogens with zero attached hydrogens (tertiary/aromatic N) is 2. The summed E-state index contributed by atoms with van der Waals surface area (Å²) in [5.41, 5.74) is -0.0871. The van der Waals surface area contributed by atoms with Gasteiger partial charge < -0.3 is 20.1 Å². The monoisotopic (exact) mass is 317 g/mol. The van der Waals surface area contributed by atoms with Gasteiger partial charge in [0.15, 0.2) is 0 Å². The van der Waals surface area contributed by atoms with Crippen molar-refractivity contribution >= 4 is 6.03 Å². The Kier molecular flexibility index (Phi) is 5.83. The van der Waals surface area contributed by atoms with Crippen LogP contribution in [0.2, 0.25) is 0 Å². The Hall–Kier alpha value is -2.26. The number of carbonyl (C=O) groups excluding carboxylic acids is 1. The van der Waals surface area contributed by atoms with Crippen LogP contribution in [0.4, 0.5) is 4.79 Å². The molecule has 6 nitrogen and oxygen atoms in total. The second-order valence-corrected chi connectivity index (χ2v) is 6.05.